The van der Waals surface area contributed by atoms with E-state index in [9.17, 15) is 9.90 Å². The molecule has 0 aromatic heterocycles. The summed E-state index contributed by atoms with van der Waals surface area (Å²) in [6.07, 6.45) is 0.859. The van der Waals surface area contributed by atoms with Gasteiger partial charge in [-0.3, -0.25) is 0 Å². The van der Waals surface area contributed by atoms with Gasteiger partial charge in [0.1, 0.15) is 5.56 Å². The molecule has 0 spiro atoms. The predicted molar refractivity (Wildman–Crippen MR) is 70.5 cm³/mol. The second kappa shape index (κ2) is 4.78. The molecule has 2 rings (SSSR count). The molecule has 0 amide bonds. The summed E-state index contributed by atoms with van der Waals surface area (Å²) in [7, 11) is 0. The topological polar surface area (TPSA) is 58.6 Å². The Hall–Kier alpha value is -1.26. The van der Waals surface area contributed by atoms with Crippen LogP contribution in [0.4, 0.5) is 5.69 Å². The summed E-state index contributed by atoms with van der Waals surface area (Å²) in [5.41, 5.74) is 0.379. The van der Waals surface area contributed by atoms with Crippen LogP contribution in [-0.4, -0.2) is 29.3 Å². The van der Waals surface area contributed by atoms with Gasteiger partial charge in [-0.2, -0.15) is 0 Å². The Morgan fingerprint density at radius 2 is 2.33 bits per heavy atom. The molecule has 1 aromatic rings. The van der Waals surface area contributed by atoms with Crippen molar-refractivity contribution >= 4 is 23.3 Å². The Bertz CT molecular complexity index is 477. The molecule has 4 nitrogen and oxygen atoms in total. The monoisotopic (exact) mass is 269 g/mol. The van der Waals surface area contributed by atoms with Crippen LogP contribution in [0.2, 0.25) is 5.02 Å². The van der Waals surface area contributed by atoms with Crippen LogP contribution in [0, 0.1) is 0 Å². The van der Waals surface area contributed by atoms with Gasteiger partial charge < -0.3 is 15.2 Å². The van der Waals surface area contributed by atoms with Crippen molar-refractivity contribution in [1.82, 2.24) is 0 Å². The van der Waals surface area contributed by atoms with E-state index in [1.807, 2.05) is 13.8 Å². The highest BCUT2D eigenvalue weighted by Gasteiger charge is 2.37. The minimum absolute atomic E-state index is 0.0260. The van der Waals surface area contributed by atoms with Crippen LogP contribution < -0.4 is 5.32 Å². The van der Waals surface area contributed by atoms with Crippen molar-refractivity contribution in [1.29, 1.82) is 0 Å². The number of carboxylic acid groups (broad SMARTS) is 1. The highest BCUT2D eigenvalue weighted by molar-refractivity contribution is 6.34. The highest BCUT2D eigenvalue weighted by Crippen LogP contribution is 2.33. The number of hydrogen-bond acceptors (Lipinski definition) is 3. The fraction of sp³-hybridized carbons (Fsp3) is 0.462. The number of rotatable bonds is 3. The molecule has 0 aliphatic carbocycles. The molecule has 2 unspecified atom stereocenters. The molecule has 1 aliphatic rings. The lowest BCUT2D eigenvalue weighted by atomic mass is 9.93. The van der Waals surface area contributed by atoms with E-state index in [0.717, 1.165) is 6.42 Å². The maximum absolute atomic E-state index is 11.2. The zero-order valence-corrected chi connectivity index (χ0v) is 11.1. The molecule has 18 heavy (non-hydrogen) atoms. The Kier molecular flexibility index (Phi) is 3.50. The number of benzene rings is 1. The van der Waals surface area contributed by atoms with Crippen LogP contribution in [0.5, 0.6) is 0 Å². The minimum Gasteiger partial charge on any atom is -0.478 e. The Morgan fingerprint density at radius 3 is 2.89 bits per heavy atom. The summed E-state index contributed by atoms with van der Waals surface area (Å²) in [5, 5.41) is 12.7. The molecule has 0 radical (unpaired) electrons. The van der Waals surface area contributed by atoms with E-state index >= 15 is 0 Å². The zero-order valence-electron chi connectivity index (χ0n) is 10.4. The lowest BCUT2D eigenvalue weighted by Gasteiger charge is -2.30. The van der Waals surface area contributed by atoms with Gasteiger partial charge >= 0.3 is 5.97 Å². The lowest BCUT2D eigenvalue weighted by molar-refractivity contribution is 0.0697. The average molecular weight is 270 g/mol. The predicted octanol–water partition coefficient (Wildman–Crippen LogP) is 3.02. The van der Waals surface area contributed by atoms with Gasteiger partial charge in [0.05, 0.1) is 22.4 Å². The maximum atomic E-state index is 11.2. The fourth-order valence-corrected chi connectivity index (χ4v) is 2.41. The normalized spacial score (nSPS) is 27.2. The molecule has 1 fully saturated rings. The Morgan fingerprint density at radius 1 is 1.61 bits per heavy atom. The van der Waals surface area contributed by atoms with Crippen LogP contribution in [0.15, 0.2) is 18.2 Å². The number of carbonyl (C=O) groups is 1. The van der Waals surface area contributed by atoms with Crippen LogP contribution in [-0.2, 0) is 4.74 Å². The van der Waals surface area contributed by atoms with Gasteiger partial charge in [0, 0.05) is 6.61 Å². The third-order valence-corrected chi connectivity index (χ3v) is 3.85. The summed E-state index contributed by atoms with van der Waals surface area (Å²) < 4.78 is 5.53. The number of hydrogen-bond donors (Lipinski definition) is 2. The first kappa shape index (κ1) is 13.2. The van der Waals surface area contributed by atoms with E-state index in [4.69, 9.17) is 16.3 Å². The Labute approximate surface area is 111 Å². The molecule has 0 saturated carbocycles. The first-order valence-corrected chi connectivity index (χ1v) is 6.23. The molecule has 2 N–H and O–H groups in total. The molecular weight excluding hydrogens is 254 g/mol. The van der Waals surface area contributed by atoms with Crippen molar-refractivity contribution in [2.45, 2.75) is 31.9 Å². The summed E-state index contributed by atoms with van der Waals surface area (Å²) in [6.45, 7) is 4.68. The van der Waals surface area contributed by atoms with E-state index in [1.165, 1.54) is 0 Å². The summed E-state index contributed by atoms with van der Waals surface area (Å²) in [6, 6.07) is 5.04. The molecule has 98 valence electrons. The zero-order chi connectivity index (χ0) is 13.3. The third-order valence-electron chi connectivity index (χ3n) is 3.53. The molecule has 1 saturated heterocycles. The average Bonchev–Trinajstić information content (AvgIpc) is 2.58. The van der Waals surface area contributed by atoms with E-state index in [0.29, 0.717) is 12.3 Å². The second-order valence-electron chi connectivity index (χ2n) is 4.77. The van der Waals surface area contributed by atoms with Gasteiger partial charge in [-0.25, -0.2) is 4.79 Å². The van der Waals surface area contributed by atoms with E-state index in [1.54, 1.807) is 18.2 Å². The summed E-state index contributed by atoms with van der Waals surface area (Å²) in [5.74, 6) is -1.03. The number of anilines is 1. The van der Waals surface area contributed by atoms with Gasteiger partial charge in [-0.15, -0.1) is 0 Å². The van der Waals surface area contributed by atoms with E-state index in [2.05, 4.69) is 5.32 Å². The van der Waals surface area contributed by atoms with Crippen LogP contribution in [0.3, 0.4) is 0 Å². The molecule has 1 heterocycles. The van der Waals surface area contributed by atoms with Gasteiger partial charge in [-0.1, -0.05) is 17.7 Å². The molecule has 2 atom stereocenters. The van der Waals surface area contributed by atoms with Crippen LogP contribution in [0.25, 0.3) is 0 Å². The molecule has 1 aliphatic heterocycles. The quantitative estimate of drug-likeness (QED) is 0.886. The standard InChI is InChI=1S/C13H16ClNO3/c1-8-13(2,6-7-18-8)15-10-5-3-4-9(14)11(10)12(16)17/h3-5,8,15H,6-7H2,1-2H3,(H,16,17). The number of aromatic carboxylic acids is 1. The van der Waals surface area contributed by atoms with Crippen LogP contribution in [0.1, 0.15) is 30.6 Å². The summed E-state index contributed by atoms with van der Waals surface area (Å²) >= 11 is 5.94. The first-order chi connectivity index (χ1) is 8.44. The largest absolute Gasteiger partial charge is 0.478 e. The van der Waals surface area contributed by atoms with Gasteiger partial charge in [0.25, 0.3) is 0 Å². The molecular formula is C13H16ClNO3. The van der Waals surface area contributed by atoms with Crippen LogP contribution >= 0.6 is 11.6 Å². The molecule has 5 heteroatoms. The van der Waals surface area contributed by atoms with Crippen molar-refractivity contribution in [2.24, 2.45) is 0 Å². The lowest BCUT2D eigenvalue weighted by Crippen LogP contribution is -2.41. The summed E-state index contributed by atoms with van der Waals surface area (Å²) in [4.78, 5) is 11.2. The third kappa shape index (κ3) is 2.31. The minimum atomic E-state index is -1.03. The maximum Gasteiger partial charge on any atom is 0.339 e. The van der Waals surface area contributed by atoms with Gasteiger partial charge in [-0.05, 0) is 32.4 Å². The number of ether oxygens (including phenoxy) is 1. The number of carboxylic acids is 1. The number of halogens is 1. The SMILES string of the molecule is CC1OCCC1(C)Nc1cccc(Cl)c1C(=O)O. The first-order valence-electron chi connectivity index (χ1n) is 5.85. The second-order valence-corrected chi connectivity index (χ2v) is 5.18. The van der Waals surface area contributed by atoms with Crippen molar-refractivity contribution in [2.75, 3.05) is 11.9 Å². The van der Waals surface area contributed by atoms with Crippen molar-refractivity contribution in [3.05, 3.63) is 28.8 Å². The molecule has 1 aromatic carbocycles. The fourth-order valence-electron chi connectivity index (χ4n) is 2.15. The van der Waals surface area contributed by atoms with E-state index < -0.39 is 5.97 Å². The number of nitrogens with one attached hydrogen (secondary N) is 1. The van der Waals surface area contributed by atoms with Crippen molar-refractivity contribution in [3.63, 3.8) is 0 Å². The van der Waals surface area contributed by atoms with E-state index in [-0.39, 0.29) is 22.2 Å². The molecule has 0 bridgehead atoms. The smallest absolute Gasteiger partial charge is 0.339 e. The van der Waals surface area contributed by atoms with Gasteiger partial charge in [0.2, 0.25) is 0 Å². The van der Waals surface area contributed by atoms with Crippen molar-refractivity contribution in [3.8, 4) is 0 Å². The van der Waals surface area contributed by atoms with Gasteiger partial charge in [0.15, 0.2) is 0 Å². The van der Waals surface area contributed by atoms with Crippen molar-refractivity contribution < 1.29 is 14.6 Å². The highest BCUT2D eigenvalue weighted by atomic mass is 35.5. The Balaban J connectivity index is 2.35.